The lowest BCUT2D eigenvalue weighted by molar-refractivity contribution is -0.145. The molecule has 2 aromatic heterocycles. The summed E-state index contributed by atoms with van der Waals surface area (Å²) < 4.78 is 10.4. The van der Waals surface area contributed by atoms with Crippen LogP contribution in [0.15, 0.2) is 70.6 Å². The number of hydrogen-bond donors (Lipinski definition) is 1. The summed E-state index contributed by atoms with van der Waals surface area (Å²) in [5.41, 5.74) is 1.43. The molecule has 0 atom stereocenters. The second-order valence-electron chi connectivity index (χ2n) is 6.41. The molecule has 0 aliphatic carbocycles. The summed E-state index contributed by atoms with van der Waals surface area (Å²) in [5.74, 6) is -0.133. The fourth-order valence-electron chi connectivity index (χ4n) is 2.97. The van der Waals surface area contributed by atoms with E-state index in [9.17, 15) is 9.59 Å². The Labute approximate surface area is 171 Å². The first-order valence-corrected chi connectivity index (χ1v) is 9.95. The van der Waals surface area contributed by atoms with Gasteiger partial charge in [0.2, 0.25) is 5.91 Å². The third-order valence-corrected chi connectivity index (χ3v) is 5.25. The normalized spacial score (nSPS) is 10.8. The van der Waals surface area contributed by atoms with Crippen LogP contribution in [0.3, 0.4) is 0 Å². The standard InChI is InChI=1S/C22H18N2O4S/c25-21(11-16-7-3-6-15-5-1-2-8-18(15)16)23-13-22(26)27-14-17-12-19(28-24-17)20-9-4-10-29-20/h1-10,12H,11,13-14H2,(H,23,25). The summed E-state index contributed by atoms with van der Waals surface area (Å²) >= 11 is 1.54. The summed E-state index contributed by atoms with van der Waals surface area (Å²) in [6, 6.07) is 19.3. The van der Waals surface area contributed by atoms with Crippen LogP contribution in [-0.4, -0.2) is 23.6 Å². The highest BCUT2D eigenvalue weighted by atomic mass is 32.1. The molecule has 0 spiro atoms. The summed E-state index contributed by atoms with van der Waals surface area (Å²) in [6.45, 7) is -0.202. The second kappa shape index (κ2) is 8.70. The number of carbonyl (C=O) groups excluding carboxylic acids is 2. The molecule has 2 aromatic carbocycles. The molecule has 0 unspecified atom stereocenters. The van der Waals surface area contributed by atoms with Crippen LogP contribution in [0, 0.1) is 0 Å². The van der Waals surface area contributed by atoms with Gasteiger partial charge in [-0.1, -0.05) is 53.7 Å². The third-order valence-electron chi connectivity index (χ3n) is 4.36. The zero-order chi connectivity index (χ0) is 20.1. The first-order valence-electron chi connectivity index (χ1n) is 9.07. The SMILES string of the molecule is O=C(Cc1cccc2ccccc12)NCC(=O)OCc1cc(-c2cccs2)on1. The van der Waals surface area contributed by atoms with Crippen molar-refractivity contribution in [2.45, 2.75) is 13.0 Å². The van der Waals surface area contributed by atoms with Crippen molar-refractivity contribution in [2.75, 3.05) is 6.54 Å². The highest BCUT2D eigenvalue weighted by Crippen LogP contribution is 2.25. The fraction of sp³-hybridized carbons (Fsp3) is 0.136. The average Bonchev–Trinajstić information content (AvgIpc) is 3.43. The fourth-order valence-corrected chi connectivity index (χ4v) is 3.65. The van der Waals surface area contributed by atoms with Crippen molar-refractivity contribution in [3.8, 4) is 10.6 Å². The molecule has 0 radical (unpaired) electrons. The van der Waals surface area contributed by atoms with Crippen molar-refractivity contribution in [3.05, 3.63) is 77.3 Å². The monoisotopic (exact) mass is 406 g/mol. The van der Waals surface area contributed by atoms with Crippen LogP contribution in [0.5, 0.6) is 0 Å². The molecule has 1 amide bonds. The molecule has 7 heteroatoms. The van der Waals surface area contributed by atoms with Crippen LogP contribution < -0.4 is 5.32 Å². The number of thiophene rings is 1. The van der Waals surface area contributed by atoms with Gasteiger partial charge in [-0.05, 0) is 27.8 Å². The van der Waals surface area contributed by atoms with Gasteiger partial charge in [-0.3, -0.25) is 9.59 Å². The molecule has 0 aliphatic heterocycles. The number of aromatic nitrogens is 1. The lowest BCUT2D eigenvalue weighted by Crippen LogP contribution is -2.31. The molecule has 0 saturated heterocycles. The zero-order valence-electron chi connectivity index (χ0n) is 15.5. The van der Waals surface area contributed by atoms with E-state index in [0.29, 0.717) is 11.5 Å². The van der Waals surface area contributed by atoms with Crippen LogP contribution in [0.25, 0.3) is 21.4 Å². The van der Waals surface area contributed by atoms with E-state index in [1.54, 1.807) is 6.07 Å². The molecule has 2 heterocycles. The number of rotatable bonds is 7. The van der Waals surface area contributed by atoms with Gasteiger partial charge in [0.15, 0.2) is 5.76 Å². The van der Waals surface area contributed by atoms with Gasteiger partial charge in [-0.2, -0.15) is 0 Å². The number of benzene rings is 2. The van der Waals surface area contributed by atoms with Crippen LogP contribution in [0.2, 0.25) is 0 Å². The summed E-state index contributed by atoms with van der Waals surface area (Å²) in [5, 5.41) is 10.5. The molecular weight excluding hydrogens is 388 g/mol. The number of amides is 1. The van der Waals surface area contributed by atoms with Crippen molar-refractivity contribution < 1.29 is 18.8 Å². The Morgan fingerprint density at radius 2 is 1.93 bits per heavy atom. The Morgan fingerprint density at radius 3 is 2.79 bits per heavy atom. The lowest BCUT2D eigenvalue weighted by atomic mass is 10.0. The number of nitrogens with one attached hydrogen (secondary N) is 1. The van der Waals surface area contributed by atoms with Crippen LogP contribution >= 0.6 is 11.3 Å². The molecule has 0 fully saturated rings. The van der Waals surface area contributed by atoms with Crippen LogP contribution in [0.4, 0.5) is 0 Å². The van der Waals surface area contributed by atoms with E-state index in [0.717, 1.165) is 21.2 Å². The molecule has 29 heavy (non-hydrogen) atoms. The third kappa shape index (κ3) is 4.70. The molecule has 0 saturated carbocycles. The maximum absolute atomic E-state index is 12.2. The topological polar surface area (TPSA) is 81.4 Å². The van der Waals surface area contributed by atoms with Gasteiger partial charge in [-0.15, -0.1) is 11.3 Å². The van der Waals surface area contributed by atoms with Crippen molar-refractivity contribution in [3.63, 3.8) is 0 Å². The maximum atomic E-state index is 12.2. The smallest absolute Gasteiger partial charge is 0.325 e. The molecule has 4 rings (SSSR count). The minimum Gasteiger partial charge on any atom is -0.458 e. The Balaban J connectivity index is 1.26. The molecule has 0 aliphatic rings. The minimum absolute atomic E-state index is 0.00704. The van der Waals surface area contributed by atoms with Crippen LogP contribution in [0.1, 0.15) is 11.3 Å². The highest BCUT2D eigenvalue weighted by molar-refractivity contribution is 7.13. The molecule has 4 aromatic rings. The number of carbonyl (C=O) groups is 2. The maximum Gasteiger partial charge on any atom is 0.325 e. The van der Waals surface area contributed by atoms with E-state index in [-0.39, 0.29) is 25.5 Å². The second-order valence-corrected chi connectivity index (χ2v) is 7.36. The van der Waals surface area contributed by atoms with Gasteiger partial charge in [0.25, 0.3) is 0 Å². The lowest BCUT2D eigenvalue weighted by Gasteiger charge is -2.08. The van der Waals surface area contributed by atoms with Gasteiger partial charge in [-0.25, -0.2) is 0 Å². The van der Waals surface area contributed by atoms with E-state index in [1.807, 2.05) is 60.0 Å². The predicted octanol–water partition coefficient (Wildman–Crippen LogP) is 3.96. The van der Waals surface area contributed by atoms with E-state index < -0.39 is 5.97 Å². The Hall–Kier alpha value is -3.45. The summed E-state index contributed by atoms with van der Waals surface area (Å²) in [6.07, 6.45) is 0.197. The number of nitrogens with zero attached hydrogens (tertiary/aromatic N) is 1. The number of hydrogen-bond acceptors (Lipinski definition) is 6. The predicted molar refractivity (Wildman–Crippen MR) is 110 cm³/mol. The van der Waals surface area contributed by atoms with Crippen molar-refractivity contribution in [1.82, 2.24) is 10.5 Å². The van der Waals surface area contributed by atoms with E-state index in [1.165, 1.54) is 11.3 Å². The molecular formula is C22H18N2O4S. The highest BCUT2D eigenvalue weighted by Gasteiger charge is 2.12. The first-order chi connectivity index (χ1) is 14.2. The van der Waals surface area contributed by atoms with Crippen molar-refractivity contribution in [1.29, 1.82) is 0 Å². The summed E-state index contributed by atoms with van der Waals surface area (Å²) in [7, 11) is 0. The van der Waals surface area contributed by atoms with Gasteiger partial charge in [0, 0.05) is 6.07 Å². The average molecular weight is 406 g/mol. The largest absolute Gasteiger partial charge is 0.458 e. The minimum atomic E-state index is -0.531. The molecule has 6 nitrogen and oxygen atoms in total. The van der Waals surface area contributed by atoms with Gasteiger partial charge >= 0.3 is 5.97 Å². The van der Waals surface area contributed by atoms with Gasteiger partial charge < -0.3 is 14.6 Å². The van der Waals surface area contributed by atoms with Crippen molar-refractivity contribution in [2.24, 2.45) is 0 Å². The van der Waals surface area contributed by atoms with Crippen LogP contribution in [-0.2, 0) is 27.4 Å². The van der Waals surface area contributed by atoms with E-state index >= 15 is 0 Å². The Kier molecular flexibility index (Phi) is 5.67. The summed E-state index contributed by atoms with van der Waals surface area (Å²) in [4.78, 5) is 25.1. The zero-order valence-corrected chi connectivity index (χ0v) is 16.3. The van der Waals surface area contributed by atoms with E-state index in [2.05, 4.69) is 10.5 Å². The van der Waals surface area contributed by atoms with E-state index in [4.69, 9.17) is 9.26 Å². The number of fused-ring (bicyclic) bond motifs is 1. The van der Waals surface area contributed by atoms with Gasteiger partial charge in [0.05, 0.1) is 11.3 Å². The Bertz CT molecular complexity index is 1130. The van der Waals surface area contributed by atoms with Crippen molar-refractivity contribution >= 4 is 34.0 Å². The number of esters is 1. The van der Waals surface area contributed by atoms with Gasteiger partial charge in [0.1, 0.15) is 18.8 Å². The Morgan fingerprint density at radius 1 is 1.07 bits per heavy atom. The first kappa shape index (κ1) is 18.9. The quantitative estimate of drug-likeness (QED) is 0.470. The molecule has 146 valence electrons. The number of ether oxygens (including phenoxy) is 1. The molecule has 1 N–H and O–H groups in total. The molecule has 0 bridgehead atoms.